The minimum atomic E-state index is -0.364. The Labute approximate surface area is 198 Å². The van der Waals surface area contributed by atoms with E-state index < -0.39 is 0 Å². The van der Waals surface area contributed by atoms with Gasteiger partial charge in [0.05, 0.1) is 12.7 Å². The van der Waals surface area contributed by atoms with Crippen molar-refractivity contribution in [3.8, 4) is 27.8 Å². The summed E-state index contributed by atoms with van der Waals surface area (Å²) in [5, 5.41) is 30.5. The molecule has 0 radical (unpaired) electrons. The number of carbonyl (C=O) groups is 2. The third kappa shape index (κ3) is 5.11. The van der Waals surface area contributed by atoms with Gasteiger partial charge >= 0.3 is 0 Å². The molecule has 9 heteroatoms. The predicted molar refractivity (Wildman–Crippen MR) is 129 cm³/mol. The summed E-state index contributed by atoms with van der Waals surface area (Å²) in [6.45, 7) is 0. The number of benzene rings is 3. The Kier molecular flexibility index (Phi) is 6.65. The van der Waals surface area contributed by atoms with Crippen LogP contribution < -0.4 is 10.1 Å². The highest BCUT2D eigenvalue weighted by molar-refractivity contribution is 7.18. The quantitative estimate of drug-likeness (QED) is 0.201. The van der Waals surface area contributed by atoms with Crippen LogP contribution in [0.4, 0.5) is 5.13 Å². The average molecular weight is 474 g/mol. The molecule has 4 rings (SSSR count). The summed E-state index contributed by atoms with van der Waals surface area (Å²) < 4.78 is 5.22. The van der Waals surface area contributed by atoms with E-state index in [-0.39, 0.29) is 23.2 Å². The molecule has 3 aromatic carbocycles. The molecule has 1 amide bonds. The summed E-state index contributed by atoms with van der Waals surface area (Å²) in [4.78, 5) is 25.0. The van der Waals surface area contributed by atoms with Crippen molar-refractivity contribution in [3.63, 3.8) is 0 Å². The van der Waals surface area contributed by atoms with Gasteiger partial charge in [-0.15, -0.1) is 10.2 Å². The minimum Gasteiger partial charge on any atom is -0.504 e. The number of amides is 1. The molecular weight excluding hydrogens is 454 g/mol. The van der Waals surface area contributed by atoms with Crippen LogP contribution in [0.3, 0.4) is 0 Å². The predicted octanol–water partition coefficient (Wildman–Crippen LogP) is 4.77. The highest BCUT2D eigenvalue weighted by Crippen LogP contribution is 2.33. The number of aromatic nitrogens is 2. The molecule has 0 aliphatic heterocycles. The summed E-state index contributed by atoms with van der Waals surface area (Å²) in [6, 6.07) is 18.0. The molecular formula is C25H19N3O5S. The first-order chi connectivity index (χ1) is 16.4. The lowest BCUT2D eigenvalue weighted by Gasteiger charge is -2.04. The van der Waals surface area contributed by atoms with Gasteiger partial charge in [-0.3, -0.25) is 14.9 Å². The van der Waals surface area contributed by atoms with Crippen molar-refractivity contribution >= 4 is 34.2 Å². The van der Waals surface area contributed by atoms with Crippen LogP contribution in [0.25, 0.3) is 16.6 Å². The first-order valence-electron chi connectivity index (χ1n) is 10.1. The van der Waals surface area contributed by atoms with Crippen LogP contribution >= 0.6 is 11.3 Å². The molecule has 0 aliphatic carbocycles. The molecule has 0 bridgehead atoms. The van der Waals surface area contributed by atoms with Crippen LogP contribution in [-0.2, 0) is 0 Å². The van der Waals surface area contributed by atoms with Crippen molar-refractivity contribution in [1.29, 1.82) is 0 Å². The number of phenols is 2. The number of hydrogen-bond acceptors (Lipinski definition) is 8. The molecule has 34 heavy (non-hydrogen) atoms. The first-order valence-corrected chi connectivity index (χ1v) is 10.9. The number of ketones is 1. The summed E-state index contributed by atoms with van der Waals surface area (Å²) in [7, 11) is 1.51. The van der Waals surface area contributed by atoms with E-state index in [0.717, 1.165) is 16.9 Å². The van der Waals surface area contributed by atoms with Gasteiger partial charge in [0.25, 0.3) is 5.91 Å². The van der Waals surface area contributed by atoms with Crippen molar-refractivity contribution in [2.75, 3.05) is 12.4 Å². The lowest BCUT2D eigenvalue weighted by molar-refractivity contribution is 0.102. The molecule has 0 unspecified atom stereocenters. The molecule has 4 aromatic rings. The highest BCUT2D eigenvalue weighted by atomic mass is 32.1. The number of ether oxygens (including phenoxy) is 1. The number of phenolic OH excluding ortho intramolecular Hbond substituents is 2. The van der Waals surface area contributed by atoms with Gasteiger partial charge < -0.3 is 14.9 Å². The Bertz CT molecular complexity index is 1380. The lowest BCUT2D eigenvalue weighted by Crippen LogP contribution is -2.11. The van der Waals surface area contributed by atoms with Crippen LogP contribution in [0, 0.1) is 0 Å². The Morgan fingerprint density at radius 3 is 2.47 bits per heavy atom. The third-order valence-corrected chi connectivity index (χ3v) is 5.73. The van der Waals surface area contributed by atoms with Crippen LogP contribution in [0.5, 0.6) is 17.2 Å². The summed E-state index contributed by atoms with van der Waals surface area (Å²) in [5.41, 5.74) is 2.20. The molecule has 0 saturated heterocycles. The van der Waals surface area contributed by atoms with Crippen molar-refractivity contribution in [3.05, 3.63) is 89.5 Å². The summed E-state index contributed by atoms with van der Waals surface area (Å²) >= 11 is 1.13. The first kappa shape index (κ1) is 22.7. The number of methoxy groups -OCH3 is 1. The highest BCUT2D eigenvalue weighted by Gasteiger charge is 2.13. The van der Waals surface area contributed by atoms with Gasteiger partial charge in [0, 0.05) is 11.1 Å². The van der Waals surface area contributed by atoms with Crippen molar-refractivity contribution in [2.45, 2.75) is 0 Å². The molecule has 1 aromatic heterocycles. The Hall–Kier alpha value is -4.50. The Morgan fingerprint density at radius 1 is 0.971 bits per heavy atom. The van der Waals surface area contributed by atoms with Gasteiger partial charge in [-0.1, -0.05) is 41.7 Å². The minimum absolute atomic E-state index is 0.187. The van der Waals surface area contributed by atoms with E-state index in [2.05, 4.69) is 15.5 Å². The number of allylic oxidation sites excluding steroid dienone is 1. The molecule has 0 atom stereocenters. The lowest BCUT2D eigenvalue weighted by atomic mass is 10.1. The molecule has 8 nitrogen and oxygen atoms in total. The van der Waals surface area contributed by atoms with E-state index in [1.807, 2.05) is 0 Å². The van der Waals surface area contributed by atoms with Gasteiger partial charge in [0.1, 0.15) is 10.8 Å². The second-order valence-electron chi connectivity index (χ2n) is 7.09. The van der Waals surface area contributed by atoms with Crippen molar-refractivity contribution < 1.29 is 24.5 Å². The zero-order valence-corrected chi connectivity index (χ0v) is 18.7. The fourth-order valence-corrected chi connectivity index (χ4v) is 3.81. The standard InChI is InChI=1S/C25H19N3O5S/c1-33-22-5-3-2-4-18(22)19(29)12-8-15-6-9-16(10-7-15)23(32)26-25-28-27-24(34-25)17-11-13-20(30)21(31)14-17/h2-14,30-31H,1H3,(H,26,28,32)/b12-8+. The second-order valence-corrected chi connectivity index (χ2v) is 8.07. The van der Waals surface area contributed by atoms with Crippen molar-refractivity contribution in [1.82, 2.24) is 10.2 Å². The van der Waals surface area contributed by atoms with Gasteiger partial charge in [-0.2, -0.15) is 0 Å². The summed E-state index contributed by atoms with van der Waals surface area (Å²) in [5.74, 6) is -0.544. The maximum Gasteiger partial charge on any atom is 0.257 e. The SMILES string of the molecule is COc1ccccc1C(=O)/C=C/c1ccc(C(=O)Nc2nnc(-c3ccc(O)c(O)c3)s2)cc1. The van der Waals surface area contributed by atoms with E-state index in [1.54, 1.807) is 60.7 Å². The van der Waals surface area contributed by atoms with Gasteiger partial charge in [-0.05, 0) is 54.1 Å². The zero-order chi connectivity index (χ0) is 24.1. The monoisotopic (exact) mass is 473 g/mol. The van der Waals surface area contributed by atoms with E-state index in [0.29, 0.717) is 32.6 Å². The fourth-order valence-electron chi connectivity index (χ4n) is 3.07. The van der Waals surface area contributed by atoms with Gasteiger partial charge in [0.2, 0.25) is 5.13 Å². The number of para-hydroxylation sites is 1. The number of anilines is 1. The number of nitrogens with zero attached hydrogens (tertiary/aromatic N) is 2. The van der Waals surface area contributed by atoms with Crippen LogP contribution in [-0.4, -0.2) is 39.2 Å². The van der Waals surface area contributed by atoms with E-state index >= 15 is 0 Å². The molecule has 170 valence electrons. The molecule has 0 aliphatic rings. The van der Waals surface area contributed by atoms with Crippen LogP contribution in [0.15, 0.2) is 72.8 Å². The molecule has 1 heterocycles. The van der Waals surface area contributed by atoms with Crippen LogP contribution in [0.1, 0.15) is 26.3 Å². The van der Waals surface area contributed by atoms with Crippen molar-refractivity contribution in [2.24, 2.45) is 0 Å². The number of carbonyl (C=O) groups excluding carboxylic acids is 2. The van der Waals surface area contributed by atoms with E-state index in [9.17, 15) is 19.8 Å². The second kappa shape index (κ2) is 9.97. The molecule has 0 saturated carbocycles. The normalized spacial score (nSPS) is 10.9. The Balaban J connectivity index is 1.40. The maximum atomic E-state index is 12.6. The fraction of sp³-hybridized carbons (Fsp3) is 0.0400. The smallest absolute Gasteiger partial charge is 0.257 e. The zero-order valence-electron chi connectivity index (χ0n) is 17.9. The average Bonchev–Trinajstić information content (AvgIpc) is 3.32. The van der Waals surface area contributed by atoms with Gasteiger partial charge in [0.15, 0.2) is 17.3 Å². The number of nitrogens with one attached hydrogen (secondary N) is 1. The number of hydrogen-bond donors (Lipinski definition) is 3. The number of aromatic hydroxyl groups is 2. The topological polar surface area (TPSA) is 122 Å². The number of rotatable bonds is 7. The van der Waals surface area contributed by atoms with Gasteiger partial charge in [-0.25, -0.2) is 0 Å². The van der Waals surface area contributed by atoms with E-state index in [1.165, 1.54) is 25.3 Å². The largest absolute Gasteiger partial charge is 0.504 e. The maximum absolute atomic E-state index is 12.6. The summed E-state index contributed by atoms with van der Waals surface area (Å²) in [6.07, 6.45) is 3.12. The third-order valence-electron chi connectivity index (χ3n) is 4.84. The van der Waals surface area contributed by atoms with E-state index in [4.69, 9.17) is 4.74 Å². The molecule has 3 N–H and O–H groups in total. The van der Waals surface area contributed by atoms with Crippen LogP contribution in [0.2, 0.25) is 0 Å². The molecule has 0 fully saturated rings. The molecule has 0 spiro atoms. The Morgan fingerprint density at radius 2 is 1.74 bits per heavy atom.